The Kier molecular flexibility index (Phi) is 6.46. The van der Waals surface area contributed by atoms with E-state index in [1.807, 2.05) is 67.3 Å². The van der Waals surface area contributed by atoms with Gasteiger partial charge in [0.25, 0.3) is 0 Å². The molecule has 2 fully saturated rings. The molecule has 12 nitrogen and oxygen atoms in total. The molecule has 2 aliphatic heterocycles. The SMILES string of the molecule is CC(O)c1nc2ccccc2n1-c1nc(N2CCOCC2)c2nc(C=C3CN(C(=O)OC(C)(C)C)C3)n(C)c2n1. The number of carbonyl (C=O) groups excluding carboxylic acids is 1. The second kappa shape index (κ2) is 9.86. The molecule has 4 aromatic rings. The van der Waals surface area contributed by atoms with Crippen molar-refractivity contribution in [3.63, 3.8) is 0 Å². The second-order valence-corrected chi connectivity index (χ2v) is 11.3. The Labute approximate surface area is 231 Å². The number of amides is 1. The van der Waals surface area contributed by atoms with Gasteiger partial charge in [-0.25, -0.2) is 14.8 Å². The molecule has 2 aliphatic rings. The Morgan fingerprint density at radius 1 is 1.10 bits per heavy atom. The van der Waals surface area contributed by atoms with E-state index in [1.165, 1.54) is 0 Å². The summed E-state index contributed by atoms with van der Waals surface area (Å²) in [6.07, 6.45) is 0.859. The van der Waals surface area contributed by atoms with E-state index in [1.54, 1.807) is 11.8 Å². The van der Waals surface area contributed by atoms with Gasteiger partial charge in [-0.15, -0.1) is 0 Å². The number of likely N-dealkylation sites (tertiary alicyclic amines) is 1. The van der Waals surface area contributed by atoms with Crippen LogP contribution in [0.2, 0.25) is 0 Å². The minimum atomic E-state index is -0.822. The minimum absolute atomic E-state index is 0.318. The number of benzene rings is 1. The second-order valence-electron chi connectivity index (χ2n) is 11.3. The van der Waals surface area contributed by atoms with Gasteiger partial charge in [-0.3, -0.25) is 4.57 Å². The summed E-state index contributed by atoms with van der Waals surface area (Å²) >= 11 is 0. The van der Waals surface area contributed by atoms with E-state index < -0.39 is 11.7 Å². The van der Waals surface area contributed by atoms with Gasteiger partial charge in [0.2, 0.25) is 5.95 Å². The zero-order chi connectivity index (χ0) is 28.2. The summed E-state index contributed by atoms with van der Waals surface area (Å²) in [5, 5.41) is 10.6. The molecule has 0 radical (unpaired) electrons. The highest BCUT2D eigenvalue weighted by molar-refractivity contribution is 5.87. The summed E-state index contributed by atoms with van der Waals surface area (Å²) in [4.78, 5) is 35.8. The number of imidazole rings is 2. The number of nitrogens with zero attached hydrogens (tertiary/aromatic N) is 8. The fourth-order valence-electron chi connectivity index (χ4n) is 4.99. The van der Waals surface area contributed by atoms with Gasteiger partial charge in [0.05, 0.1) is 24.2 Å². The number of fused-ring (bicyclic) bond motifs is 2. The third-order valence-corrected chi connectivity index (χ3v) is 6.97. The van der Waals surface area contributed by atoms with Crippen molar-refractivity contribution in [1.29, 1.82) is 0 Å². The van der Waals surface area contributed by atoms with Gasteiger partial charge < -0.3 is 28.9 Å². The summed E-state index contributed by atoms with van der Waals surface area (Å²) in [6.45, 7) is 10.8. The summed E-state index contributed by atoms with van der Waals surface area (Å²) in [5.41, 5.74) is 3.45. The van der Waals surface area contributed by atoms with Crippen molar-refractivity contribution in [2.24, 2.45) is 7.05 Å². The standard InChI is InChI=1S/C28H34N8O4/c1-17(37)23-29-19-8-6-7-9-20(19)36(23)26-31-24-22(25(32-26)34-10-12-39-13-11-34)30-21(33(24)5)14-18-15-35(16-18)27(38)40-28(2,3)4/h6-9,14,17,37H,10-13,15-16H2,1-5H3. The number of aromatic nitrogens is 6. The maximum absolute atomic E-state index is 12.4. The van der Waals surface area contributed by atoms with E-state index >= 15 is 0 Å². The van der Waals surface area contributed by atoms with Crippen molar-refractivity contribution in [3.05, 3.63) is 41.5 Å². The van der Waals surface area contributed by atoms with Crippen molar-refractivity contribution in [3.8, 4) is 5.95 Å². The van der Waals surface area contributed by atoms with Crippen LogP contribution in [0.15, 0.2) is 29.8 Å². The Hall–Kier alpha value is -4.03. The summed E-state index contributed by atoms with van der Waals surface area (Å²) < 4.78 is 14.8. The lowest BCUT2D eigenvalue weighted by atomic mass is 10.1. The molecular formula is C28H34N8O4. The number of carbonyl (C=O) groups is 1. The van der Waals surface area contributed by atoms with Gasteiger partial charge in [0.1, 0.15) is 23.4 Å². The van der Waals surface area contributed by atoms with E-state index in [4.69, 9.17) is 24.4 Å². The lowest BCUT2D eigenvalue weighted by Gasteiger charge is -2.35. The molecule has 3 aromatic heterocycles. The van der Waals surface area contributed by atoms with E-state index in [0.717, 1.165) is 22.4 Å². The highest BCUT2D eigenvalue weighted by Gasteiger charge is 2.30. The number of aryl methyl sites for hydroxylation is 1. The fraction of sp³-hybridized carbons (Fsp3) is 0.464. The number of ether oxygens (including phenoxy) is 2. The summed E-state index contributed by atoms with van der Waals surface area (Å²) in [5.74, 6) is 2.32. The molecule has 0 bridgehead atoms. The van der Waals surface area contributed by atoms with E-state index in [9.17, 15) is 9.90 Å². The lowest BCUT2D eigenvalue weighted by Crippen LogP contribution is -2.46. The maximum atomic E-state index is 12.4. The fourth-order valence-corrected chi connectivity index (χ4v) is 4.99. The molecule has 210 valence electrons. The van der Waals surface area contributed by atoms with Crippen molar-refractivity contribution in [1.82, 2.24) is 34.0 Å². The van der Waals surface area contributed by atoms with Crippen LogP contribution in [0.1, 0.15) is 45.4 Å². The predicted molar refractivity (Wildman–Crippen MR) is 150 cm³/mol. The zero-order valence-corrected chi connectivity index (χ0v) is 23.5. The largest absolute Gasteiger partial charge is 0.444 e. The molecule has 1 aromatic carbocycles. The summed E-state index contributed by atoms with van der Waals surface area (Å²) in [7, 11) is 1.92. The molecule has 1 N–H and O–H groups in total. The van der Waals surface area contributed by atoms with Crippen LogP contribution in [0, 0.1) is 0 Å². The topological polar surface area (TPSA) is 124 Å². The molecule has 12 heteroatoms. The lowest BCUT2D eigenvalue weighted by molar-refractivity contribution is 0.0216. The van der Waals surface area contributed by atoms with Gasteiger partial charge in [-0.1, -0.05) is 12.1 Å². The Bertz CT molecular complexity index is 1620. The first-order valence-corrected chi connectivity index (χ1v) is 13.5. The number of aliphatic hydroxyl groups is 1. The first kappa shape index (κ1) is 26.2. The van der Waals surface area contributed by atoms with Gasteiger partial charge in [0.15, 0.2) is 17.0 Å². The van der Waals surface area contributed by atoms with Crippen LogP contribution in [0.4, 0.5) is 10.6 Å². The Morgan fingerprint density at radius 3 is 2.52 bits per heavy atom. The number of aliphatic hydroxyl groups excluding tert-OH is 1. The normalized spacial score (nSPS) is 16.9. The molecule has 40 heavy (non-hydrogen) atoms. The van der Waals surface area contributed by atoms with Crippen LogP contribution in [0.3, 0.4) is 0 Å². The monoisotopic (exact) mass is 546 g/mol. The molecule has 1 amide bonds. The van der Waals surface area contributed by atoms with E-state index in [-0.39, 0.29) is 6.09 Å². The quantitative estimate of drug-likeness (QED) is 0.411. The maximum Gasteiger partial charge on any atom is 0.410 e. The van der Waals surface area contributed by atoms with Crippen LogP contribution >= 0.6 is 0 Å². The third-order valence-electron chi connectivity index (χ3n) is 6.97. The van der Waals surface area contributed by atoms with Gasteiger partial charge in [0, 0.05) is 33.2 Å². The first-order chi connectivity index (χ1) is 19.1. The van der Waals surface area contributed by atoms with Crippen molar-refractivity contribution in [2.45, 2.75) is 39.4 Å². The highest BCUT2D eigenvalue weighted by atomic mass is 16.6. The smallest absolute Gasteiger partial charge is 0.410 e. The molecule has 0 spiro atoms. The first-order valence-electron chi connectivity index (χ1n) is 13.5. The predicted octanol–water partition coefficient (Wildman–Crippen LogP) is 3.23. The van der Waals surface area contributed by atoms with E-state index in [0.29, 0.717) is 68.1 Å². The van der Waals surface area contributed by atoms with Gasteiger partial charge in [-0.2, -0.15) is 9.97 Å². The average molecular weight is 547 g/mol. The molecule has 0 aliphatic carbocycles. The molecule has 2 saturated heterocycles. The van der Waals surface area contributed by atoms with Crippen LogP contribution in [-0.2, 0) is 16.5 Å². The number of hydrogen-bond acceptors (Lipinski definition) is 9. The molecule has 6 rings (SSSR count). The van der Waals surface area contributed by atoms with Crippen LogP contribution < -0.4 is 4.90 Å². The number of anilines is 1. The number of rotatable bonds is 4. The summed E-state index contributed by atoms with van der Waals surface area (Å²) in [6, 6.07) is 7.70. The Balaban J connectivity index is 1.43. The highest BCUT2D eigenvalue weighted by Crippen LogP contribution is 2.30. The molecular weight excluding hydrogens is 512 g/mol. The molecule has 0 saturated carbocycles. The van der Waals surface area contributed by atoms with Crippen molar-refractivity contribution < 1.29 is 19.4 Å². The van der Waals surface area contributed by atoms with Gasteiger partial charge in [-0.05, 0) is 51.5 Å². The van der Waals surface area contributed by atoms with Crippen LogP contribution in [0.5, 0.6) is 0 Å². The average Bonchev–Trinajstić information content (AvgIpc) is 3.43. The zero-order valence-electron chi connectivity index (χ0n) is 23.5. The van der Waals surface area contributed by atoms with Crippen LogP contribution in [-0.4, -0.2) is 90.2 Å². The number of hydrogen-bond donors (Lipinski definition) is 1. The Morgan fingerprint density at radius 2 is 1.82 bits per heavy atom. The van der Waals surface area contributed by atoms with Crippen molar-refractivity contribution in [2.75, 3.05) is 44.3 Å². The van der Waals surface area contributed by atoms with Gasteiger partial charge >= 0.3 is 6.09 Å². The minimum Gasteiger partial charge on any atom is -0.444 e. The van der Waals surface area contributed by atoms with Crippen molar-refractivity contribution >= 4 is 40.2 Å². The molecule has 1 atom stereocenters. The van der Waals surface area contributed by atoms with E-state index in [2.05, 4.69) is 9.88 Å². The number of para-hydroxylation sites is 2. The van der Waals surface area contributed by atoms with Crippen LogP contribution in [0.25, 0.3) is 34.2 Å². The third kappa shape index (κ3) is 4.77. The molecule has 1 unspecified atom stereocenters. The number of morpholine rings is 1. The molecule has 5 heterocycles.